The number of fused-ring (bicyclic) bond motifs is 1. The standard InChI is InChI=1S/C18H28N2O2/c1-18(2)15-20(10-9-19-8-5-12-21-13-11-19)14-16-6-3-4-7-17(16)22-18/h3-4,6-7H,5,8-15H2,1-2H3. The highest BCUT2D eigenvalue weighted by Gasteiger charge is 2.28. The van der Waals surface area contributed by atoms with Crippen molar-refractivity contribution in [3.8, 4) is 5.75 Å². The highest BCUT2D eigenvalue weighted by atomic mass is 16.5. The van der Waals surface area contributed by atoms with Crippen molar-refractivity contribution < 1.29 is 9.47 Å². The van der Waals surface area contributed by atoms with Crippen molar-refractivity contribution in [2.24, 2.45) is 0 Å². The van der Waals surface area contributed by atoms with Gasteiger partial charge in [0.1, 0.15) is 11.4 Å². The molecule has 4 heteroatoms. The Bertz CT molecular complexity index is 482. The lowest BCUT2D eigenvalue weighted by molar-refractivity contribution is 0.0660. The lowest BCUT2D eigenvalue weighted by Crippen LogP contribution is -2.43. The first-order valence-electron chi connectivity index (χ1n) is 8.42. The molecule has 1 aromatic rings. The first-order chi connectivity index (χ1) is 10.6. The molecule has 0 aromatic heterocycles. The molecule has 4 nitrogen and oxygen atoms in total. The maximum absolute atomic E-state index is 6.21. The van der Waals surface area contributed by atoms with Gasteiger partial charge in [-0.2, -0.15) is 0 Å². The first kappa shape index (κ1) is 15.8. The van der Waals surface area contributed by atoms with E-state index in [1.807, 2.05) is 0 Å². The molecule has 0 unspecified atom stereocenters. The summed E-state index contributed by atoms with van der Waals surface area (Å²) >= 11 is 0. The highest BCUT2D eigenvalue weighted by molar-refractivity contribution is 5.34. The third-order valence-electron chi connectivity index (χ3n) is 4.40. The Morgan fingerprint density at radius 1 is 1.05 bits per heavy atom. The predicted octanol–water partition coefficient (Wildman–Crippen LogP) is 2.38. The van der Waals surface area contributed by atoms with Crippen LogP contribution >= 0.6 is 0 Å². The van der Waals surface area contributed by atoms with E-state index in [2.05, 4.69) is 47.9 Å². The van der Waals surface area contributed by atoms with Gasteiger partial charge >= 0.3 is 0 Å². The van der Waals surface area contributed by atoms with E-state index < -0.39 is 0 Å². The Kier molecular flexibility index (Phi) is 5.01. The van der Waals surface area contributed by atoms with Gasteiger partial charge in [0.2, 0.25) is 0 Å². The number of nitrogens with zero attached hydrogens (tertiary/aromatic N) is 2. The summed E-state index contributed by atoms with van der Waals surface area (Å²) in [5.41, 5.74) is 1.15. The molecule has 1 saturated heterocycles. The predicted molar refractivity (Wildman–Crippen MR) is 88.3 cm³/mol. The molecule has 0 bridgehead atoms. The normalized spacial score (nSPS) is 23.2. The number of hydrogen-bond acceptors (Lipinski definition) is 4. The maximum atomic E-state index is 6.21. The van der Waals surface area contributed by atoms with Crippen LogP contribution in [-0.4, -0.2) is 61.3 Å². The summed E-state index contributed by atoms with van der Waals surface area (Å²) in [4.78, 5) is 5.05. The molecule has 22 heavy (non-hydrogen) atoms. The number of hydrogen-bond donors (Lipinski definition) is 0. The zero-order chi connectivity index (χ0) is 15.4. The van der Waals surface area contributed by atoms with Crippen LogP contribution in [-0.2, 0) is 11.3 Å². The molecule has 2 aliphatic heterocycles. The van der Waals surface area contributed by atoms with Gasteiger partial charge in [0.05, 0.1) is 6.61 Å². The number of para-hydroxylation sites is 1. The molecule has 2 heterocycles. The van der Waals surface area contributed by atoms with Crippen LogP contribution in [0.15, 0.2) is 24.3 Å². The van der Waals surface area contributed by atoms with E-state index in [1.165, 1.54) is 5.56 Å². The van der Waals surface area contributed by atoms with Crippen LogP contribution in [0.4, 0.5) is 0 Å². The van der Waals surface area contributed by atoms with Crippen molar-refractivity contribution in [3.63, 3.8) is 0 Å². The number of ether oxygens (including phenoxy) is 2. The van der Waals surface area contributed by atoms with Crippen LogP contribution in [0, 0.1) is 0 Å². The first-order valence-corrected chi connectivity index (χ1v) is 8.42. The molecule has 0 aliphatic carbocycles. The van der Waals surface area contributed by atoms with Crippen molar-refractivity contribution in [1.82, 2.24) is 9.80 Å². The molecule has 1 aromatic carbocycles. The van der Waals surface area contributed by atoms with E-state index in [0.717, 1.165) is 64.7 Å². The topological polar surface area (TPSA) is 24.9 Å². The third kappa shape index (κ3) is 4.22. The van der Waals surface area contributed by atoms with Gasteiger partial charge in [-0.05, 0) is 26.3 Å². The van der Waals surface area contributed by atoms with E-state index in [-0.39, 0.29) is 5.60 Å². The second-order valence-corrected chi connectivity index (χ2v) is 6.99. The lowest BCUT2D eigenvalue weighted by atomic mass is 10.1. The minimum absolute atomic E-state index is 0.144. The highest BCUT2D eigenvalue weighted by Crippen LogP contribution is 2.28. The fourth-order valence-electron chi connectivity index (χ4n) is 3.36. The summed E-state index contributed by atoms with van der Waals surface area (Å²) in [6.07, 6.45) is 1.15. The smallest absolute Gasteiger partial charge is 0.124 e. The Morgan fingerprint density at radius 2 is 1.86 bits per heavy atom. The summed E-state index contributed by atoms with van der Waals surface area (Å²) < 4.78 is 11.8. The largest absolute Gasteiger partial charge is 0.486 e. The minimum atomic E-state index is -0.144. The Labute approximate surface area is 134 Å². The van der Waals surface area contributed by atoms with Gasteiger partial charge in [-0.25, -0.2) is 0 Å². The summed E-state index contributed by atoms with van der Waals surface area (Å²) in [5, 5.41) is 0. The van der Waals surface area contributed by atoms with Gasteiger partial charge in [-0.1, -0.05) is 18.2 Å². The fraction of sp³-hybridized carbons (Fsp3) is 0.667. The Morgan fingerprint density at radius 3 is 2.77 bits per heavy atom. The summed E-state index contributed by atoms with van der Waals surface area (Å²) in [5.74, 6) is 1.04. The molecule has 0 saturated carbocycles. The van der Waals surface area contributed by atoms with E-state index >= 15 is 0 Å². The molecule has 2 aliphatic rings. The van der Waals surface area contributed by atoms with E-state index in [1.54, 1.807) is 0 Å². The molecular weight excluding hydrogens is 276 g/mol. The van der Waals surface area contributed by atoms with E-state index in [9.17, 15) is 0 Å². The van der Waals surface area contributed by atoms with Gasteiger partial charge in [-0.3, -0.25) is 9.80 Å². The molecule has 0 spiro atoms. The lowest BCUT2D eigenvalue weighted by Gasteiger charge is -2.31. The summed E-state index contributed by atoms with van der Waals surface area (Å²) in [7, 11) is 0. The van der Waals surface area contributed by atoms with Gasteiger partial charge in [0.25, 0.3) is 0 Å². The van der Waals surface area contributed by atoms with Crippen LogP contribution in [0.25, 0.3) is 0 Å². The van der Waals surface area contributed by atoms with Gasteiger partial charge in [0.15, 0.2) is 0 Å². The number of benzene rings is 1. The van der Waals surface area contributed by atoms with Crippen LogP contribution in [0.2, 0.25) is 0 Å². The van der Waals surface area contributed by atoms with Gasteiger partial charge < -0.3 is 9.47 Å². The van der Waals surface area contributed by atoms with Crippen LogP contribution in [0.1, 0.15) is 25.8 Å². The number of rotatable bonds is 3. The third-order valence-corrected chi connectivity index (χ3v) is 4.40. The van der Waals surface area contributed by atoms with Crippen molar-refractivity contribution in [2.75, 3.05) is 45.9 Å². The zero-order valence-electron chi connectivity index (χ0n) is 13.9. The van der Waals surface area contributed by atoms with Crippen LogP contribution < -0.4 is 4.74 Å². The van der Waals surface area contributed by atoms with E-state index in [4.69, 9.17) is 9.47 Å². The maximum Gasteiger partial charge on any atom is 0.124 e. The SMILES string of the molecule is CC1(C)CN(CCN2CCCOCC2)Cc2ccccc2O1. The van der Waals surface area contributed by atoms with Gasteiger partial charge in [-0.15, -0.1) is 0 Å². The molecular formula is C18H28N2O2. The summed E-state index contributed by atoms with van der Waals surface area (Å²) in [6.45, 7) is 12.5. The molecule has 0 radical (unpaired) electrons. The summed E-state index contributed by atoms with van der Waals surface area (Å²) in [6, 6.07) is 8.43. The van der Waals surface area contributed by atoms with Crippen molar-refractivity contribution in [1.29, 1.82) is 0 Å². The van der Waals surface area contributed by atoms with Crippen molar-refractivity contribution in [2.45, 2.75) is 32.4 Å². The Balaban J connectivity index is 1.63. The molecule has 0 amide bonds. The average molecular weight is 304 g/mol. The second-order valence-electron chi connectivity index (χ2n) is 6.99. The van der Waals surface area contributed by atoms with Crippen LogP contribution in [0.5, 0.6) is 5.75 Å². The quantitative estimate of drug-likeness (QED) is 0.856. The van der Waals surface area contributed by atoms with Crippen LogP contribution in [0.3, 0.4) is 0 Å². The van der Waals surface area contributed by atoms with Gasteiger partial charge in [0, 0.05) is 51.4 Å². The molecule has 3 rings (SSSR count). The molecule has 0 N–H and O–H groups in total. The second kappa shape index (κ2) is 6.99. The molecule has 122 valence electrons. The molecule has 0 atom stereocenters. The van der Waals surface area contributed by atoms with E-state index in [0.29, 0.717) is 0 Å². The fourth-order valence-corrected chi connectivity index (χ4v) is 3.36. The van der Waals surface area contributed by atoms with Crippen molar-refractivity contribution >= 4 is 0 Å². The zero-order valence-corrected chi connectivity index (χ0v) is 13.9. The monoisotopic (exact) mass is 304 g/mol. The van der Waals surface area contributed by atoms with Crippen molar-refractivity contribution in [3.05, 3.63) is 29.8 Å². The Hall–Kier alpha value is -1.10. The minimum Gasteiger partial charge on any atom is -0.486 e. The molecule has 1 fully saturated rings. The average Bonchev–Trinajstić information content (AvgIpc) is 2.80.